The van der Waals surface area contributed by atoms with Crippen molar-refractivity contribution in [3.63, 3.8) is 0 Å². The Bertz CT molecular complexity index is 704. The monoisotopic (exact) mass is 586 g/mol. The first-order valence-electron chi connectivity index (χ1n) is 16.3. The van der Waals surface area contributed by atoms with Gasteiger partial charge in [-0.25, -0.2) is 0 Å². The fourth-order valence-electron chi connectivity index (χ4n) is 8.59. The van der Waals surface area contributed by atoms with E-state index >= 15 is 0 Å². The molecule has 0 atom stereocenters. The molecule has 2 N–H and O–H groups in total. The van der Waals surface area contributed by atoms with Gasteiger partial charge in [0.15, 0.2) is 0 Å². The summed E-state index contributed by atoms with van der Waals surface area (Å²) in [5.41, 5.74) is 0. The van der Waals surface area contributed by atoms with Crippen LogP contribution in [0.25, 0.3) is 0 Å². The van der Waals surface area contributed by atoms with Crippen molar-refractivity contribution >= 4 is 23.6 Å². The van der Waals surface area contributed by atoms with Crippen LogP contribution in [0.5, 0.6) is 0 Å². The van der Waals surface area contributed by atoms with Crippen molar-refractivity contribution in [3.05, 3.63) is 0 Å². The summed E-state index contributed by atoms with van der Waals surface area (Å²) in [5, 5.41) is 0. The van der Waals surface area contributed by atoms with Crippen molar-refractivity contribution in [1.29, 1.82) is 0 Å². The Morgan fingerprint density at radius 1 is 0.395 bits per heavy atom. The first-order valence-corrected chi connectivity index (χ1v) is 21.3. The first kappa shape index (κ1) is 27.7. The molecule has 0 unspecified atom stereocenters. The maximum atomic E-state index is 4.87. The third-order valence-corrected chi connectivity index (χ3v) is 25.3. The van der Waals surface area contributed by atoms with Gasteiger partial charge in [0.25, 0.3) is 0 Å². The van der Waals surface area contributed by atoms with Gasteiger partial charge >= 0.3 is 23.6 Å². The summed E-state index contributed by atoms with van der Waals surface area (Å²) in [4.78, 5) is 9.73. The van der Waals surface area contributed by atoms with E-state index in [9.17, 15) is 0 Å². The molecule has 12 heteroatoms. The van der Waals surface area contributed by atoms with Gasteiger partial charge in [0, 0.05) is 92.7 Å². The standard InChI is InChI=1S/C26H55N9P3/c1-2-35-37(31-19-7-8-20-31,32-21-9-10-22-32)27-36(29-15-3-4-16-29,30-17-5-6-18-30)28-38(35,33-23-11-12-24-33)34-25-13-14-26-34/h27-28H,2-26H2,1H3/q+3. The topological polar surface area (TPSA) is 46.7 Å². The van der Waals surface area contributed by atoms with Gasteiger partial charge in [-0.15, -0.1) is 28.0 Å². The number of hydrogen-bond donors (Lipinski definition) is 2. The molecule has 0 amide bonds. The predicted molar refractivity (Wildman–Crippen MR) is 164 cm³/mol. The SMILES string of the molecule is CCN1[P+](N2CCCC2)(N2CCCC2)N[P+](N2CCCC2)(N2CCCC2)N[P+]1(N1CCCC1)N1CCCC1. The average molecular weight is 587 g/mol. The highest BCUT2D eigenvalue weighted by atomic mass is 31.3. The van der Waals surface area contributed by atoms with E-state index in [4.69, 9.17) is 9.72 Å². The first-order chi connectivity index (χ1) is 18.7. The van der Waals surface area contributed by atoms with Crippen molar-refractivity contribution in [3.8, 4) is 0 Å². The number of nitrogens with zero attached hydrogens (tertiary/aromatic N) is 7. The highest BCUT2D eigenvalue weighted by Gasteiger charge is 2.87. The van der Waals surface area contributed by atoms with Gasteiger partial charge in [-0.3, -0.25) is 0 Å². The highest BCUT2D eigenvalue weighted by molar-refractivity contribution is 7.96. The van der Waals surface area contributed by atoms with Gasteiger partial charge in [0.2, 0.25) is 0 Å². The van der Waals surface area contributed by atoms with Crippen molar-refractivity contribution in [2.45, 2.75) is 84.0 Å². The van der Waals surface area contributed by atoms with Gasteiger partial charge in [0.05, 0.1) is 6.54 Å². The van der Waals surface area contributed by atoms with Crippen molar-refractivity contribution < 1.29 is 0 Å². The second-order valence-electron chi connectivity index (χ2n) is 12.6. The molecule has 7 rings (SSSR count). The van der Waals surface area contributed by atoms with E-state index in [0.29, 0.717) is 0 Å². The van der Waals surface area contributed by atoms with Gasteiger partial charge in [-0.05, 0) is 84.0 Å². The maximum absolute atomic E-state index is 4.87. The molecule has 0 aromatic rings. The third kappa shape index (κ3) is 4.33. The van der Waals surface area contributed by atoms with Crippen LogP contribution in [0.15, 0.2) is 0 Å². The van der Waals surface area contributed by atoms with Crippen LogP contribution in [-0.4, -0.2) is 118 Å². The summed E-state index contributed by atoms with van der Waals surface area (Å²) >= 11 is 0. The lowest BCUT2D eigenvalue weighted by atomic mass is 10.4. The van der Waals surface area contributed by atoms with Gasteiger partial charge < -0.3 is 0 Å². The lowest BCUT2D eigenvalue weighted by molar-refractivity contribution is 0.342. The second-order valence-corrected chi connectivity index (χ2v) is 22.3. The van der Waals surface area contributed by atoms with Crippen molar-refractivity contribution in [2.75, 3.05) is 85.1 Å². The van der Waals surface area contributed by atoms with Crippen LogP contribution in [0.4, 0.5) is 0 Å². The summed E-state index contributed by atoms with van der Waals surface area (Å²) in [6.45, 7) is 19.1. The Labute approximate surface area is 234 Å². The molecule has 7 aliphatic rings. The Hall–Kier alpha value is 0.930. The number of nitrogens with one attached hydrogen (secondary N) is 2. The molecule has 9 nitrogen and oxygen atoms in total. The average Bonchev–Trinajstić information content (AvgIpc) is 3.78. The molecular formula is C26H55N9P3+3. The van der Waals surface area contributed by atoms with E-state index in [1.165, 1.54) is 156 Å². The van der Waals surface area contributed by atoms with E-state index < -0.39 is 23.6 Å². The zero-order valence-electron chi connectivity index (χ0n) is 24.1. The lowest BCUT2D eigenvalue weighted by Gasteiger charge is -2.55. The van der Waals surface area contributed by atoms with Crippen molar-refractivity contribution in [1.82, 2.24) is 42.2 Å². The van der Waals surface area contributed by atoms with Crippen LogP contribution in [-0.2, 0) is 0 Å². The lowest BCUT2D eigenvalue weighted by Crippen LogP contribution is -2.65. The van der Waals surface area contributed by atoms with E-state index in [1.54, 1.807) is 0 Å². The molecule has 7 saturated heterocycles. The van der Waals surface area contributed by atoms with Crippen LogP contribution in [0, 0.1) is 0 Å². The minimum Gasteiger partial charge on any atom is -0.128 e. The minimum absolute atomic E-state index is 1.15. The number of hydrogen-bond acceptors (Lipinski definition) is 9. The van der Waals surface area contributed by atoms with E-state index in [0.717, 1.165) is 6.54 Å². The van der Waals surface area contributed by atoms with Gasteiger partial charge in [-0.2, -0.15) is 0 Å². The summed E-state index contributed by atoms with van der Waals surface area (Å²) in [6.07, 6.45) is 16.5. The molecule has 7 aliphatic heterocycles. The zero-order valence-corrected chi connectivity index (χ0v) is 26.8. The molecule has 0 bridgehead atoms. The van der Waals surface area contributed by atoms with E-state index in [1.807, 2.05) is 0 Å². The molecular weight excluding hydrogens is 531 g/mol. The smallest absolute Gasteiger partial charge is 0.128 e. The predicted octanol–water partition coefficient (Wildman–Crippen LogP) is 5.11. The summed E-state index contributed by atoms with van der Waals surface area (Å²) in [6, 6.07) is 0. The highest BCUT2D eigenvalue weighted by Crippen LogP contribution is 2.91. The quantitative estimate of drug-likeness (QED) is 0.397. The largest absolute Gasteiger partial charge is 0.382 e. The molecule has 7 fully saturated rings. The molecule has 38 heavy (non-hydrogen) atoms. The molecule has 216 valence electrons. The fourth-order valence-corrected chi connectivity index (χ4v) is 28.6. The minimum atomic E-state index is -1.93. The molecule has 0 radical (unpaired) electrons. The Balaban J connectivity index is 1.46. The van der Waals surface area contributed by atoms with Crippen LogP contribution >= 0.6 is 23.6 Å². The fraction of sp³-hybridized carbons (Fsp3) is 1.00. The summed E-state index contributed by atoms with van der Waals surface area (Å²) < 4.78 is 21.4. The Kier molecular flexibility index (Phi) is 8.43. The number of rotatable bonds is 7. The van der Waals surface area contributed by atoms with Crippen molar-refractivity contribution in [2.24, 2.45) is 0 Å². The molecule has 0 aliphatic carbocycles. The van der Waals surface area contributed by atoms with Gasteiger partial charge in [0.1, 0.15) is 0 Å². The van der Waals surface area contributed by atoms with E-state index in [-0.39, 0.29) is 0 Å². The summed E-state index contributed by atoms with van der Waals surface area (Å²) in [5.74, 6) is 0. The molecule has 0 spiro atoms. The Morgan fingerprint density at radius 3 is 0.868 bits per heavy atom. The maximum Gasteiger partial charge on any atom is 0.382 e. The summed E-state index contributed by atoms with van der Waals surface area (Å²) in [7, 11) is -5.79. The third-order valence-electron chi connectivity index (χ3n) is 10.4. The van der Waals surface area contributed by atoms with Gasteiger partial charge in [-0.1, -0.05) is 0 Å². The Morgan fingerprint density at radius 2 is 0.632 bits per heavy atom. The van der Waals surface area contributed by atoms with Crippen LogP contribution < -0.4 is 9.72 Å². The second kappa shape index (κ2) is 11.5. The van der Waals surface area contributed by atoms with Crippen LogP contribution in [0.3, 0.4) is 0 Å². The van der Waals surface area contributed by atoms with Crippen LogP contribution in [0.1, 0.15) is 84.0 Å². The molecule has 7 heterocycles. The molecule has 0 saturated carbocycles. The zero-order chi connectivity index (χ0) is 25.6. The molecule has 0 aromatic heterocycles. The van der Waals surface area contributed by atoms with Crippen LogP contribution in [0.2, 0.25) is 0 Å². The molecule has 0 aromatic carbocycles. The normalized spacial score (nSPS) is 34.3. The van der Waals surface area contributed by atoms with E-state index in [2.05, 4.69) is 39.4 Å².